The molecule has 0 spiro atoms. The van der Waals surface area contributed by atoms with Crippen LogP contribution in [0.2, 0.25) is 0 Å². The normalized spacial score (nSPS) is 14.1. The molecule has 1 aliphatic heterocycles. The van der Waals surface area contributed by atoms with Gasteiger partial charge in [-0.15, -0.1) is 0 Å². The van der Waals surface area contributed by atoms with Gasteiger partial charge in [0, 0.05) is 56.0 Å². The first-order valence-electron chi connectivity index (χ1n) is 11.0. The Bertz CT molecular complexity index is 1540. The van der Waals surface area contributed by atoms with Crippen molar-refractivity contribution < 1.29 is 4.74 Å². The summed E-state index contributed by atoms with van der Waals surface area (Å²) in [5, 5.41) is 8.95. The van der Waals surface area contributed by atoms with Gasteiger partial charge in [-0.2, -0.15) is 10.1 Å². The predicted molar refractivity (Wildman–Crippen MR) is 130 cm³/mol. The molecule has 0 aliphatic carbocycles. The Hall–Kier alpha value is -4.31. The quantitative estimate of drug-likeness (QED) is 0.414. The third-order valence-electron chi connectivity index (χ3n) is 6.02. The molecule has 34 heavy (non-hydrogen) atoms. The highest BCUT2D eigenvalue weighted by molar-refractivity contribution is 6.08. The molecular weight excluding hydrogens is 432 g/mol. The number of fused-ring (bicyclic) bond motifs is 3. The number of aromatic nitrogens is 6. The van der Waals surface area contributed by atoms with Crippen molar-refractivity contribution in [3.8, 4) is 5.69 Å². The largest absolute Gasteiger partial charge is 0.378 e. The summed E-state index contributed by atoms with van der Waals surface area (Å²) in [4.78, 5) is 29.4. The van der Waals surface area contributed by atoms with Gasteiger partial charge in [0.15, 0.2) is 0 Å². The van der Waals surface area contributed by atoms with Gasteiger partial charge in [0.2, 0.25) is 5.95 Å². The zero-order valence-corrected chi connectivity index (χ0v) is 18.5. The monoisotopic (exact) mass is 454 g/mol. The molecular formula is C24H22N8O2. The number of rotatable bonds is 4. The van der Waals surface area contributed by atoms with E-state index in [-0.39, 0.29) is 5.56 Å². The number of aryl methyl sites for hydroxylation is 1. The summed E-state index contributed by atoms with van der Waals surface area (Å²) in [5.74, 6) is 1.02. The maximum atomic E-state index is 13.5. The van der Waals surface area contributed by atoms with Crippen LogP contribution in [0.25, 0.3) is 27.5 Å². The Balaban J connectivity index is 1.65. The minimum absolute atomic E-state index is 0.167. The summed E-state index contributed by atoms with van der Waals surface area (Å²) in [6, 6.07) is 11.4. The molecule has 1 saturated heterocycles. The van der Waals surface area contributed by atoms with E-state index in [9.17, 15) is 4.79 Å². The van der Waals surface area contributed by atoms with Gasteiger partial charge in [-0.05, 0) is 36.4 Å². The Kier molecular flexibility index (Phi) is 4.92. The van der Waals surface area contributed by atoms with Gasteiger partial charge < -0.3 is 19.5 Å². The maximum Gasteiger partial charge on any atom is 0.264 e. The second-order valence-electron chi connectivity index (χ2n) is 8.07. The zero-order chi connectivity index (χ0) is 23.1. The summed E-state index contributed by atoms with van der Waals surface area (Å²) >= 11 is 0. The molecule has 10 nitrogen and oxygen atoms in total. The minimum atomic E-state index is -0.167. The summed E-state index contributed by atoms with van der Waals surface area (Å²) in [6.45, 7) is 2.58. The van der Waals surface area contributed by atoms with Crippen LogP contribution in [0.3, 0.4) is 0 Å². The first-order chi connectivity index (χ1) is 16.7. The van der Waals surface area contributed by atoms with Crippen molar-refractivity contribution in [2.75, 3.05) is 36.5 Å². The number of ether oxygens (including phenoxy) is 1. The standard InChI is InChI=1S/C24H22N8O2/c1-30-19-4-3-17(32-10-2-7-26-32)15-18(19)21-20(23(30)33)22(27-16-5-8-25-9-6-16)29-24(28-21)31-11-13-34-14-12-31/h2-10,15H,11-14H2,1H3,(H,25,27,28,29). The molecule has 1 aliphatic rings. The Morgan fingerprint density at radius 2 is 1.85 bits per heavy atom. The lowest BCUT2D eigenvalue weighted by Crippen LogP contribution is -2.37. The molecule has 6 rings (SSSR count). The van der Waals surface area contributed by atoms with Gasteiger partial charge in [-0.3, -0.25) is 9.78 Å². The van der Waals surface area contributed by atoms with E-state index in [2.05, 4.69) is 20.3 Å². The lowest BCUT2D eigenvalue weighted by molar-refractivity contribution is 0.122. The maximum absolute atomic E-state index is 13.5. The van der Waals surface area contributed by atoms with E-state index in [0.717, 1.165) is 22.3 Å². The van der Waals surface area contributed by atoms with Crippen LogP contribution in [0, 0.1) is 0 Å². The van der Waals surface area contributed by atoms with Crippen LogP contribution in [-0.4, -0.2) is 55.6 Å². The fourth-order valence-corrected chi connectivity index (χ4v) is 4.26. The Labute approximate surface area is 194 Å². The molecule has 4 aromatic heterocycles. The molecule has 0 amide bonds. The molecule has 0 saturated carbocycles. The highest BCUT2D eigenvalue weighted by Gasteiger charge is 2.21. The molecule has 10 heteroatoms. The topological polar surface area (TPSA) is 103 Å². The van der Waals surface area contributed by atoms with Crippen LogP contribution in [0.4, 0.5) is 17.5 Å². The SMILES string of the molecule is Cn1c(=O)c2c(Nc3ccncc3)nc(N3CCOCC3)nc2c2cc(-n3cccn3)ccc21. The minimum Gasteiger partial charge on any atom is -0.378 e. The number of morpholine rings is 1. The van der Waals surface area contributed by atoms with E-state index in [0.29, 0.717) is 49.0 Å². The van der Waals surface area contributed by atoms with Gasteiger partial charge in [0.05, 0.1) is 29.9 Å². The molecule has 1 N–H and O–H groups in total. The number of nitrogens with zero attached hydrogens (tertiary/aromatic N) is 7. The highest BCUT2D eigenvalue weighted by atomic mass is 16.5. The highest BCUT2D eigenvalue weighted by Crippen LogP contribution is 2.30. The van der Waals surface area contributed by atoms with E-state index in [1.165, 1.54) is 0 Å². The van der Waals surface area contributed by atoms with Gasteiger partial charge >= 0.3 is 0 Å². The van der Waals surface area contributed by atoms with E-state index < -0.39 is 0 Å². The molecule has 1 aromatic carbocycles. The van der Waals surface area contributed by atoms with Crippen LogP contribution >= 0.6 is 0 Å². The summed E-state index contributed by atoms with van der Waals surface area (Å²) < 4.78 is 8.94. The second kappa shape index (κ2) is 8.23. The molecule has 1 fully saturated rings. The van der Waals surface area contributed by atoms with Gasteiger partial charge in [-0.1, -0.05) is 0 Å². The number of pyridine rings is 2. The summed E-state index contributed by atoms with van der Waals surface area (Å²) in [5.41, 5.74) is 2.89. The summed E-state index contributed by atoms with van der Waals surface area (Å²) in [6.07, 6.45) is 7.01. The second-order valence-corrected chi connectivity index (χ2v) is 8.07. The van der Waals surface area contributed by atoms with Crippen molar-refractivity contribution in [2.45, 2.75) is 0 Å². The average Bonchev–Trinajstić information content (AvgIpc) is 3.43. The van der Waals surface area contributed by atoms with Crippen molar-refractivity contribution in [3.05, 3.63) is 71.5 Å². The molecule has 5 aromatic rings. The Morgan fingerprint density at radius 1 is 1.03 bits per heavy atom. The Morgan fingerprint density at radius 3 is 2.62 bits per heavy atom. The zero-order valence-electron chi connectivity index (χ0n) is 18.5. The molecule has 5 heterocycles. The number of anilines is 3. The van der Waals surface area contributed by atoms with Crippen molar-refractivity contribution in [2.24, 2.45) is 7.05 Å². The van der Waals surface area contributed by atoms with Gasteiger partial charge in [0.25, 0.3) is 5.56 Å². The number of hydrogen-bond donors (Lipinski definition) is 1. The molecule has 170 valence electrons. The van der Waals surface area contributed by atoms with E-state index in [1.54, 1.807) is 34.9 Å². The van der Waals surface area contributed by atoms with Crippen molar-refractivity contribution >= 4 is 39.3 Å². The third kappa shape index (κ3) is 3.44. The lowest BCUT2D eigenvalue weighted by atomic mass is 10.1. The fraction of sp³-hybridized carbons (Fsp3) is 0.208. The van der Waals surface area contributed by atoms with Crippen molar-refractivity contribution in [1.29, 1.82) is 0 Å². The van der Waals surface area contributed by atoms with Crippen molar-refractivity contribution in [1.82, 2.24) is 29.3 Å². The smallest absolute Gasteiger partial charge is 0.264 e. The fourth-order valence-electron chi connectivity index (χ4n) is 4.26. The van der Waals surface area contributed by atoms with E-state index >= 15 is 0 Å². The van der Waals surface area contributed by atoms with Crippen LogP contribution < -0.4 is 15.8 Å². The molecule has 0 atom stereocenters. The first-order valence-corrected chi connectivity index (χ1v) is 11.0. The third-order valence-corrected chi connectivity index (χ3v) is 6.02. The van der Waals surface area contributed by atoms with Crippen molar-refractivity contribution in [3.63, 3.8) is 0 Å². The van der Waals surface area contributed by atoms with E-state index in [1.807, 2.05) is 42.6 Å². The molecule has 0 radical (unpaired) electrons. The number of benzene rings is 1. The molecule has 0 unspecified atom stereocenters. The predicted octanol–water partition coefficient (Wildman–Crippen LogP) is 2.64. The lowest BCUT2D eigenvalue weighted by Gasteiger charge is -2.27. The van der Waals surface area contributed by atoms with Crippen LogP contribution in [0.15, 0.2) is 66.0 Å². The van der Waals surface area contributed by atoms with Crippen LogP contribution in [-0.2, 0) is 11.8 Å². The van der Waals surface area contributed by atoms with Crippen LogP contribution in [0.1, 0.15) is 0 Å². The summed E-state index contributed by atoms with van der Waals surface area (Å²) in [7, 11) is 1.77. The van der Waals surface area contributed by atoms with Crippen LogP contribution in [0.5, 0.6) is 0 Å². The molecule has 0 bridgehead atoms. The average molecular weight is 454 g/mol. The first kappa shape index (κ1) is 20.3. The van der Waals surface area contributed by atoms with E-state index in [4.69, 9.17) is 14.7 Å². The van der Waals surface area contributed by atoms with Gasteiger partial charge in [0.1, 0.15) is 11.2 Å². The van der Waals surface area contributed by atoms with Gasteiger partial charge in [-0.25, -0.2) is 9.67 Å². The number of nitrogens with one attached hydrogen (secondary N) is 1. The number of hydrogen-bond acceptors (Lipinski definition) is 8.